The number of aromatic nitrogens is 2. The van der Waals surface area contributed by atoms with E-state index in [0.29, 0.717) is 31.2 Å². The number of hydrogen-bond donors (Lipinski definition) is 1. The summed E-state index contributed by atoms with van der Waals surface area (Å²) in [5.74, 6) is 2.61. The number of rotatable bonds is 11. The minimum Gasteiger partial charge on any atom is -0.463 e. The molecule has 1 aromatic heterocycles. The average molecular weight is 418 g/mol. The maximum Gasteiger partial charge on any atom is 0.320 e. The van der Waals surface area contributed by atoms with Crippen LogP contribution in [-0.4, -0.2) is 53.6 Å². The number of unbranched alkanes of at least 4 members (excludes halogenated alkanes) is 2. The van der Waals surface area contributed by atoms with Gasteiger partial charge in [0.15, 0.2) is 0 Å². The molecule has 2 aliphatic rings. The van der Waals surface area contributed by atoms with Crippen molar-refractivity contribution in [3.8, 4) is 6.01 Å². The topological polar surface area (TPSA) is 84.6 Å². The van der Waals surface area contributed by atoms with Crippen LogP contribution in [0.5, 0.6) is 6.01 Å². The normalized spacial score (nSPS) is 19.5. The molecule has 1 fully saturated rings. The molecule has 2 N–H and O–H groups in total. The molecule has 30 heavy (non-hydrogen) atoms. The number of nitrogens with two attached hydrogens (primary N) is 1. The minimum absolute atomic E-state index is 0.0671. The van der Waals surface area contributed by atoms with E-state index in [4.69, 9.17) is 10.5 Å². The van der Waals surface area contributed by atoms with Crippen LogP contribution < -0.4 is 15.4 Å². The van der Waals surface area contributed by atoms with E-state index in [9.17, 15) is 4.79 Å². The van der Waals surface area contributed by atoms with Crippen LogP contribution in [0.3, 0.4) is 0 Å². The molecule has 0 saturated carbocycles. The first-order valence-corrected chi connectivity index (χ1v) is 11.8. The molecule has 1 amide bonds. The number of hydrogen-bond acceptors (Lipinski definition) is 6. The Morgan fingerprint density at radius 1 is 1.23 bits per heavy atom. The van der Waals surface area contributed by atoms with Gasteiger partial charge in [0.25, 0.3) is 0 Å². The molecule has 0 spiro atoms. The number of piperidine rings is 1. The van der Waals surface area contributed by atoms with Crippen molar-refractivity contribution < 1.29 is 9.53 Å². The van der Waals surface area contributed by atoms with E-state index in [1.165, 1.54) is 38.9 Å². The lowest BCUT2D eigenvalue weighted by Gasteiger charge is -2.33. The van der Waals surface area contributed by atoms with Gasteiger partial charge in [-0.3, -0.25) is 9.69 Å². The lowest BCUT2D eigenvalue weighted by Crippen LogP contribution is -2.37. The van der Waals surface area contributed by atoms with Crippen LogP contribution in [0.4, 0.5) is 11.6 Å². The van der Waals surface area contributed by atoms with Crippen molar-refractivity contribution in [2.24, 2.45) is 11.8 Å². The van der Waals surface area contributed by atoms with Gasteiger partial charge in [-0.05, 0) is 50.5 Å². The second-order valence-corrected chi connectivity index (χ2v) is 9.28. The molecule has 1 atom stereocenters. The SMILES string of the molecule is CCCCOc1nc(N)c2c(n1)N(CCCCC1CCCN(CC(C)C)C1)C(=O)C2. The van der Waals surface area contributed by atoms with Crippen LogP contribution in [-0.2, 0) is 11.2 Å². The maximum atomic E-state index is 12.6. The molecule has 168 valence electrons. The average Bonchev–Trinajstić information content (AvgIpc) is 3.01. The molecule has 7 nitrogen and oxygen atoms in total. The van der Waals surface area contributed by atoms with Crippen molar-refractivity contribution in [3.05, 3.63) is 5.56 Å². The second kappa shape index (κ2) is 10.9. The second-order valence-electron chi connectivity index (χ2n) is 9.28. The largest absolute Gasteiger partial charge is 0.463 e. The number of carbonyl (C=O) groups is 1. The van der Waals surface area contributed by atoms with E-state index in [1.54, 1.807) is 4.90 Å². The van der Waals surface area contributed by atoms with Crippen molar-refractivity contribution in [1.29, 1.82) is 0 Å². The summed E-state index contributed by atoms with van der Waals surface area (Å²) in [6.45, 7) is 11.6. The Labute approximate surface area is 181 Å². The van der Waals surface area contributed by atoms with E-state index in [-0.39, 0.29) is 11.9 Å². The third-order valence-electron chi connectivity index (χ3n) is 6.08. The monoisotopic (exact) mass is 417 g/mol. The fourth-order valence-electron chi connectivity index (χ4n) is 4.60. The first-order chi connectivity index (χ1) is 14.5. The molecule has 3 heterocycles. The highest BCUT2D eigenvalue weighted by atomic mass is 16.5. The van der Waals surface area contributed by atoms with E-state index in [0.717, 1.165) is 43.1 Å². The van der Waals surface area contributed by atoms with Crippen molar-refractivity contribution in [3.63, 3.8) is 0 Å². The van der Waals surface area contributed by atoms with Gasteiger partial charge in [-0.1, -0.05) is 33.6 Å². The highest BCUT2D eigenvalue weighted by molar-refractivity contribution is 6.01. The van der Waals surface area contributed by atoms with Gasteiger partial charge >= 0.3 is 6.01 Å². The lowest BCUT2D eigenvalue weighted by atomic mass is 9.92. The van der Waals surface area contributed by atoms with E-state index < -0.39 is 0 Å². The summed E-state index contributed by atoms with van der Waals surface area (Å²) in [6.07, 6.45) is 8.29. The number of likely N-dealkylation sites (tertiary alicyclic amines) is 1. The molecular weight excluding hydrogens is 378 g/mol. The Hall–Kier alpha value is -1.89. The number of ether oxygens (including phenoxy) is 1. The Morgan fingerprint density at radius 2 is 2.07 bits per heavy atom. The molecule has 3 rings (SSSR count). The smallest absolute Gasteiger partial charge is 0.320 e. The molecule has 7 heteroatoms. The van der Waals surface area contributed by atoms with Gasteiger partial charge in [0.05, 0.1) is 13.0 Å². The van der Waals surface area contributed by atoms with Gasteiger partial charge in [-0.2, -0.15) is 9.97 Å². The first kappa shape index (κ1) is 22.8. The number of nitrogen functional groups attached to an aromatic ring is 1. The van der Waals surface area contributed by atoms with Gasteiger partial charge in [0, 0.05) is 25.2 Å². The summed E-state index contributed by atoms with van der Waals surface area (Å²) >= 11 is 0. The molecule has 1 saturated heterocycles. The molecule has 0 aromatic carbocycles. The molecule has 1 unspecified atom stereocenters. The molecule has 0 bridgehead atoms. The van der Waals surface area contributed by atoms with Crippen molar-refractivity contribution in [1.82, 2.24) is 14.9 Å². The Morgan fingerprint density at radius 3 is 2.83 bits per heavy atom. The Balaban J connectivity index is 1.50. The van der Waals surface area contributed by atoms with Gasteiger partial charge in [-0.25, -0.2) is 0 Å². The van der Waals surface area contributed by atoms with Crippen LogP contribution in [0.25, 0.3) is 0 Å². The number of fused-ring (bicyclic) bond motifs is 1. The van der Waals surface area contributed by atoms with Crippen LogP contribution in [0.2, 0.25) is 0 Å². The molecular formula is C23H39N5O2. The molecule has 1 aromatic rings. The molecule has 0 radical (unpaired) electrons. The zero-order chi connectivity index (χ0) is 21.5. The summed E-state index contributed by atoms with van der Waals surface area (Å²) in [4.78, 5) is 25.7. The van der Waals surface area contributed by atoms with Crippen LogP contribution in [0.15, 0.2) is 0 Å². The van der Waals surface area contributed by atoms with E-state index in [2.05, 4.69) is 35.6 Å². The lowest BCUT2D eigenvalue weighted by molar-refractivity contribution is -0.117. The van der Waals surface area contributed by atoms with Gasteiger partial charge < -0.3 is 15.4 Å². The number of anilines is 2. The van der Waals surface area contributed by atoms with Crippen molar-refractivity contribution in [2.45, 2.75) is 72.1 Å². The quantitative estimate of drug-likeness (QED) is 0.553. The van der Waals surface area contributed by atoms with Crippen LogP contribution >= 0.6 is 0 Å². The van der Waals surface area contributed by atoms with Gasteiger partial charge in [-0.15, -0.1) is 0 Å². The fourth-order valence-corrected chi connectivity index (χ4v) is 4.60. The van der Waals surface area contributed by atoms with Gasteiger partial charge in [0.2, 0.25) is 5.91 Å². The van der Waals surface area contributed by atoms with Crippen LogP contribution in [0, 0.1) is 11.8 Å². The summed E-state index contributed by atoms with van der Waals surface area (Å²) in [5.41, 5.74) is 6.84. The predicted octanol–water partition coefficient (Wildman–Crippen LogP) is 3.67. The summed E-state index contributed by atoms with van der Waals surface area (Å²) in [7, 11) is 0. The Kier molecular flexibility index (Phi) is 8.31. The third-order valence-corrected chi connectivity index (χ3v) is 6.08. The fraction of sp³-hybridized carbons (Fsp3) is 0.783. The maximum absolute atomic E-state index is 12.6. The highest BCUT2D eigenvalue weighted by Gasteiger charge is 2.32. The zero-order valence-electron chi connectivity index (χ0n) is 19.0. The predicted molar refractivity (Wildman–Crippen MR) is 121 cm³/mol. The van der Waals surface area contributed by atoms with Crippen molar-refractivity contribution in [2.75, 3.05) is 43.4 Å². The number of amides is 1. The summed E-state index contributed by atoms with van der Waals surface area (Å²) in [6, 6.07) is 0.284. The number of carbonyl (C=O) groups excluding carboxylic acids is 1. The summed E-state index contributed by atoms with van der Waals surface area (Å²) < 4.78 is 5.63. The molecule has 2 aliphatic heterocycles. The van der Waals surface area contributed by atoms with E-state index >= 15 is 0 Å². The number of nitrogens with zero attached hydrogens (tertiary/aromatic N) is 4. The first-order valence-electron chi connectivity index (χ1n) is 11.8. The molecule has 0 aliphatic carbocycles. The third kappa shape index (κ3) is 6.06. The summed E-state index contributed by atoms with van der Waals surface area (Å²) in [5, 5.41) is 0. The van der Waals surface area contributed by atoms with Crippen LogP contribution in [0.1, 0.15) is 71.3 Å². The minimum atomic E-state index is 0.0671. The zero-order valence-corrected chi connectivity index (χ0v) is 19.0. The van der Waals surface area contributed by atoms with E-state index in [1.807, 2.05) is 0 Å². The van der Waals surface area contributed by atoms with Gasteiger partial charge in [0.1, 0.15) is 11.6 Å². The van der Waals surface area contributed by atoms with Crippen molar-refractivity contribution >= 4 is 17.5 Å². The standard InChI is InChI=1S/C23H39N5O2/c1-4-5-13-30-23-25-21(24)19-14-20(29)28(22(19)26-23)12-7-6-9-18-10-8-11-27(16-18)15-17(2)3/h17-18H,4-16H2,1-3H3,(H2,24,25,26). The highest BCUT2D eigenvalue weighted by Crippen LogP contribution is 2.32. The Bertz CT molecular complexity index is 709.